The topological polar surface area (TPSA) is 97.7 Å². The van der Waals surface area contributed by atoms with Crippen LogP contribution in [0.25, 0.3) is 33.3 Å². The quantitative estimate of drug-likeness (QED) is 0.219. The molecule has 0 spiro atoms. The van der Waals surface area contributed by atoms with Crippen LogP contribution in [-0.4, -0.2) is 70.4 Å². The Morgan fingerprint density at radius 1 is 1.06 bits per heavy atom. The molecule has 1 aliphatic rings. The Balaban J connectivity index is 0.000000709. The number of para-hydroxylation sites is 1. The lowest BCUT2D eigenvalue weighted by molar-refractivity contribution is 0.134. The third kappa shape index (κ3) is 6.57. The number of hydrogen-bond donors (Lipinski definition) is 1. The van der Waals surface area contributed by atoms with Crippen molar-refractivity contribution >= 4 is 62.5 Å². The van der Waals surface area contributed by atoms with E-state index < -0.39 is 9.92 Å². The highest BCUT2D eigenvalue weighted by atomic mass is 35.6. The zero-order valence-electron chi connectivity index (χ0n) is 19.7. The van der Waals surface area contributed by atoms with Gasteiger partial charge in [0.1, 0.15) is 29.1 Å². The van der Waals surface area contributed by atoms with Crippen LogP contribution in [0.15, 0.2) is 57.7 Å². The van der Waals surface area contributed by atoms with Crippen LogP contribution < -0.4 is 16.1 Å². The Morgan fingerprint density at radius 3 is 2.53 bits per heavy atom. The highest BCUT2D eigenvalue weighted by Crippen LogP contribution is 2.28. The Bertz CT molecular complexity index is 1390. The molecule has 0 bridgehead atoms. The van der Waals surface area contributed by atoms with Gasteiger partial charge in [0.15, 0.2) is 10.1 Å². The molecule has 1 fully saturated rings. The normalized spacial score (nSPS) is 14.7. The third-order valence-electron chi connectivity index (χ3n) is 5.85. The van der Waals surface area contributed by atoms with Gasteiger partial charge in [-0.25, -0.2) is 14.8 Å². The standard InChI is InChI=1S/C24H25N5O3.CHCl3/c1-28-9-11-29(12-10-28)13-14-31-17-6-4-5-16(15-17)23-26-21-18-7-2-3-8-19(18)32-24(30)20(21)22(25)27-23;2-1(3)4/h2-8,15H,9-14H2,1H3,(H2,25,26,27);1H. The highest BCUT2D eigenvalue weighted by molar-refractivity contribution is 6.63. The molecule has 36 heavy (non-hydrogen) atoms. The summed E-state index contributed by atoms with van der Waals surface area (Å²) in [6.07, 6.45) is 0. The predicted octanol–water partition coefficient (Wildman–Crippen LogP) is 4.60. The van der Waals surface area contributed by atoms with Gasteiger partial charge in [0, 0.05) is 43.7 Å². The monoisotopic (exact) mass is 549 g/mol. The summed E-state index contributed by atoms with van der Waals surface area (Å²) in [5.74, 6) is 1.29. The first kappa shape index (κ1) is 26.4. The number of anilines is 1. The molecule has 0 amide bonds. The first-order chi connectivity index (χ1) is 17.3. The van der Waals surface area contributed by atoms with Crippen LogP contribution in [0.4, 0.5) is 5.82 Å². The highest BCUT2D eigenvalue weighted by Gasteiger charge is 2.16. The number of rotatable bonds is 5. The van der Waals surface area contributed by atoms with Gasteiger partial charge >= 0.3 is 5.63 Å². The van der Waals surface area contributed by atoms with E-state index in [4.69, 9.17) is 49.7 Å². The van der Waals surface area contributed by atoms with Crippen LogP contribution in [0.5, 0.6) is 5.75 Å². The number of benzene rings is 2. The second-order valence-corrected chi connectivity index (χ2v) is 10.3. The minimum absolute atomic E-state index is 0.103. The number of alkyl halides is 3. The van der Waals surface area contributed by atoms with Crippen molar-refractivity contribution in [1.29, 1.82) is 0 Å². The first-order valence-electron chi connectivity index (χ1n) is 11.4. The fourth-order valence-corrected chi connectivity index (χ4v) is 3.99. The number of halogens is 3. The zero-order chi connectivity index (χ0) is 25.7. The second kappa shape index (κ2) is 12.1. The van der Waals surface area contributed by atoms with Gasteiger partial charge in [0.2, 0.25) is 0 Å². The lowest BCUT2D eigenvalue weighted by atomic mass is 10.1. The van der Waals surface area contributed by atoms with E-state index in [2.05, 4.69) is 26.8 Å². The zero-order valence-corrected chi connectivity index (χ0v) is 21.9. The minimum atomic E-state index is -0.750. The van der Waals surface area contributed by atoms with Gasteiger partial charge in [0.05, 0.1) is 5.52 Å². The second-order valence-electron chi connectivity index (χ2n) is 8.31. The van der Waals surface area contributed by atoms with Crippen molar-refractivity contribution in [1.82, 2.24) is 19.8 Å². The molecule has 5 rings (SSSR count). The molecule has 3 heterocycles. The molecular weight excluding hydrogens is 525 g/mol. The average molecular weight is 551 g/mol. The first-order valence-corrected chi connectivity index (χ1v) is 12.7. The molecule has 190 valence electrons. The van der Waals surface area contributed by atoms with E-state index in [1.807, 2.05) is 42.5 Å². The Labute approximate surface area is 223 Å². The van der Waals surface area contributed by atoms with E-state index >= 15 is 0 Å². The molecular formula is C25H26Cl3N5O3. The van der Waals surface area contributed by atoms with Crippen molar-refractivity contribution in [2.45, 2.75) is 4.30 Å². The van der Waals surface area contributed by atoms with E-state index in [1.165, 1.54) is 0 Å². The fraction of sp³-hybridized carbons (Fsp3) is 0.320. The summed E-state index contributed by atoms with van der Waals surface area (Å²) >= 11 is 14.4. The molecule has 2 N–H and O–H groups in total. The van der Waals surface area contributed by atoms with Gasteiger partial charge in [-0.15, -0.1) is 0 Å². The summed E-state index contributed by atoms with van der Waals surface area (Å²) in [7, 11) is 2.15. The predicted molar refractivity (Wildman–Crippen MR) is 146 cm³/mol. The summed E-state index contributed by atoms with van der Waals surface area (Å²) in [4.78, 5) is 26.2. The maximum absolute atomic E-state index is 12.4. The van der Waals surface area contributed by atoms with Crippen LogP contribution in [0, 0.1) is 0 Å². The largest absolute Gasteiger partial charge is 0.492 e. The summed E-state index contributed by atoms with van der Waals surface area (Å²) < 4.78 is 10.6. The number of piperazine rings is 1. The fourth-order valence-electron chi connectivity index (χ4n) is 3.99. The van der Waals surface area contributed by atoms with Crippen molar-refractivity contribution in [3.8, 4) is 17.1 Å². The molecule has 0 atom stereocenters. The lowest BCUT2D eigenvalue weighted by Gasteiger charge is -2.32. The van der Waals surface area contributed by atoms with E-state index in [9.17, 15) is 4.79 Å². The molecule has 1 saturated heterocycles. The molecule has 2 aromatic heterocycles. The smallest absolute Gasteiger partial charge is 0.349 e. The lowest BCUT2D eigenvalue weighted by Crippen LogP contribution is -2.45. The van der Waals surface area contributed by atoms with E-state index in [1.54, 1.807) is 6.07 Å². The number of aromatic nitrogens is 2. The third-order valence-corrected chi connectivity index (χ3v) is 5.85. The average Bonchev–Trinajstić information content (AvgIpc) is 2.85. The maximum Gasteiger partial charge on any atom is 0.349 e. The number of nitrogens with two attached hydrogens (primary N) is 1. The van der Waals surface area contributed by atoms with Gasteiger partial charge in [-0.1, -0.05) is 59.1 Å². The number of nitrogen functional groups attached to an aromatic ring is 1. The van der Waals surface area contributed by atoms with Crippen molar-refractivity contribution in [3.63, 3.8) is 0 Å². The van der Waals surface area contributed by atoms with Gasteiger partial charge in [0.25, 0.3) is 0 Å². The molecule has 0 radical (unpaired) electrons. The Hall–Kier alpha value is -2.62. The van der Waals surface area contributed by atoms with Gasteiger partial charge < -0.3 is 19.8 Å². The molecule has 0 unspecified atom stereocenters. The van der Waals surface area contributed by atoms with E-state index in [0.29, 0.717) is 23.5 Å². The molecule has 8 nitrogen and oxygen atoms in total. The van der Waals surface area contributed by atoms with Gasteiger partial charge in [-0.05, 0) is 31.3 Å². The molecule has 11 heteroatoms. The van der Waals surface area contributed by atoms with Crippen LogP contribution in [0.2, 0.25) is 0 Å². The SMILES string of the molecule is CN1CCN(CCOc2cccc(-c3nc(N)c4c(=O)oc5ccccc5c4n3)c2)CC1.ClC(Cl)Cl. The van der Waals surface area contributed by atoms with Crippen molar-refractivity contribution < 1.29 is 9.15 Å². The maximum atomic E-state index is 12.4. The van der Waals surface area contributed by atoms with Crippen LogP contribution in [-0.2, 0) is 0 Å². The van der Waals surface area contributed by atoms with E-state index in [0.717, 1.165) is 49.4 Å². The molecule has 0 aliphatic carbocycles. The Kier molecular flexibility index (Phi) is 8.87. The van der Waals surface area contributed by atoms with Crippen molar-refractivity contribution in [2.75, 3.05) is 52.1 Å². The molecule has 1 aliphatic heterocycles. The van der Waals surface area contributed by atoms with Crippen LogP contribution in [0.3, 0.4) is 0 Å². The molecule has 2 aromatic carbocycles. The summed E-state index contributed by atoms with van der Waals surface area (Å²) in [5, 5.41) is 0.920. The summed E-state index contributed by atoms with van der Waals surface area (Å²) in [5.41, 5.74) is 7.33. The minimum Gasteiger partial charge on any atom is -0.492 e. The summed E-state index contributed by atoms with van der Waals surface area (Å²) in [6, 6.07) is 14.9. The molecule has 4 aromatic rings. The number of fused-ring (bicyclic) bond motifs is 3. The van der Waals surface area contributed by atoms with Crippen LogP contribution >= 0.6 is 34.8 Å². The number of likely N-dealkylation sites (N-methyl/N-ethyl adjacent to an activating group) is 1. The Morgan fingerprint density at radius 2 is 1.78 bits per heavy atom. The van der Waals surface area contributed by atoms with Crippen molar-refractivity contribution in [2.24, 2.45) is 0 Å². The van der Waals surface area contributed by atoms with E-state index in [-0.39, 0.29) is 11.2 Å². The molecule has 0 saturated carbocycles. The number of hydrogen-bond acceptors (Lipinski definition) is 8. The number of ether oxygens (including phenoxy) is 1. The summed E-state index contributed by atoms with van der Waals surface area (Å²) in [6.45, 7) is 5.80. The van der Waals surface area contributed by atoms with Gasteiger partial charge in [-0.2, -0.15) is 0 Å². The van der Waals surface area contributed by atoms with Crippen LogP contribution in [0.1, 0.15) is 0 Å². The number of nitrogens with zero attached hydrogens (tertiary/aromatic N) is 4. The van der Waals surface area contributed by atoms with Crippen molar-refractivity contribution in [3.05, 3.63) is 59.0 Å². The van der Waals surface area contributed by atoms with Gasteiger partial charge in [-0.3, -0.25) is 4.90 Å².